The summed E-state index contributed by atoms with van der Waals surface area (Å²) in [6.07, 6.45) is 0. The van der Waals surface area contributed by atoms with Gasteiger partial charge in [-0.2, -0.15) is 0 Å². The molecule has 0 saturated carbocycles. The third-order valence-corrected chi connectivity index (χ3v) is 9.99. The summed E-state index contributed by atoms with van der Waals surface area (Å²) >= 11 is 0. The highest BCUT2D eigenvalue weighted by atomic mass is 14.9. The molecule has 2 nitrogen and oxygen atoms in total. The molecule has 44 heavy (non-hydrogen) atoms. The first-order valence-corrected chi connectivity index (χ1v) is 15.3. The Balaban J connectivity index is 1.28. The van der Waals surface area contributed by atoms with Crippen molar-refractivity contribution in [1.82, 2.24) is 8.80 Å². The van der Waals surface area contributed by atoms with Crippen LogP contribution in [0.5, 0.6) is 0 Å². The van der Waals surface area contributed by atoms with Crippen molar-refractivity contribution in [2.45, 2.75) is 0 Å². The number of nitrogens with zero attached hydrogens (tertiary/aromatic N) is 2. The molecule has 4 aromatic heterocycles. The molecule has 0 saturated heterocycles. The molecule has 0 unspecified atom stereocenters. The van der Waals surface area contributed by atoms with E-state index in [9.17, 15) is 0 Å². The molecule has 0 radical (unpaired) electrons. The van der Waals surface area contributed by atoms with Crippen LogP contribution in [-0.2, 0) is 0 Å². The van der Waals surface area contributed by atoms with Crippen LogP contribution in [0, 0.1) is 0 Å². The quantitative estimate of drug-likeness (QED) is 0.200. The van der Waals surface area contributed by atoms with Crippen molar-refractivity contribution in [2.75, 3.05) is 0 Å². The number of aromatic nitrogens is 2. The Hall–Kier alpha value is -5.86. The summed E-state index contributed by atoms with van der Waals surface area (Å²) in [5.41, 5.74) is 12.8. The molecule has 4 heterocycles. The highest BCUT2D eigenvalue weighted by Gasteiger charge is 2.24. The van der Waals surface area contributed by atoms with Crippen LogP contribution in [0.15, 0.2) is 146 Å². The van der Waals surface area contributed by atoms with Gasteiger partial charge in [0.05, 0.1) is 33.1 Å². The van der Waals surface area contributed by atoms with Crippen molar-refractivity contribution in [3.05, 3.63) is 146 Å². The van der Waals surface area contributed by atoms with E-state index in [2.05, 4.69) is 154 Å². The summed E-state index contributed by atoms with van der Waals surface area (Å²) in [7, 11) is 0. The summed E-state index contributed by atoms with van der Waals surface area (Å²) in [6, 6.07) is 53.8. The number of benzene rings is 7. The van der Waals surface area contributed by atoms with Crippen molar-refractivity contribution in [3.63, 3.8) is 0 Å². The van der Waals surface area contributed by atoms with E-state index in [1.165, 1.54) is 98.4 Å². The number of hydrogen-bond acceptors (Lipinski definition) is 0. The molecule has 0 aliphatic rings. The van der Waals surface area contributed by atoms with Crippen LogP contribution >= 0.6 is 0 Å². The zero-order chi connectivity index (χ0) is 28.5. The van der Waals surface area contributed by atoms with E-state index in [1.54, 1.807) is 0 Å². The maximum absolute atomic E-state index is 2.50. The van der Waals surface area contributed by atoms with Crippen LogP contribution in [-0.4, -0.2) is 8.80 Å². The number of para-hydroxylation sites is 3. The van der Waals surface area contributed by atoms with E-state index in [1.807, 2.05) is 0 Å². The second-order valence-electron chi connectivity index (χ2n) is 12.1. The van der Waals surface area contributed by atoms with E-state index in [4.69, 9.17) is 0 Å². The maximum atomic E-state index is 2.50. The van der Waals surface area contributed by atoms with E-state index in [-0.39, 0.29) is 0 Å². The fourth-order valence-electron chi connectivity index (χ4n) is 8.25. The second-order valence-corrected chi connectivity index (χ2v) is 12.1. The molecule has 202 valence electrons. The summed E-state index contributed by atoms with van der Waals surface area (Å²) in [5.74, 6) is 0. The Kier molecular flexibility index (Phi) is 4.10. The molecule has 0 fully saturated rings. The average Bonchev–Trinajstić information content (AvgIpc) is 3.82. The topological polar surface area (TPSA) is 8.82 Å². The van der Waals surface area contributed by atoms with Crippen LogP contribution in [0.1, 0.15) is 0 Å². The average molecular weight is 557 g/mol. The van der Waals surface area contributed by atoms with Crippen molar-refractivity contribution in [3.8, 4) is 22.3 Å². The lowest BCUT2D eigenvalue weighted by molar-refractivity contribution is 1.37. The van der Waals surface area contributed by atoms with Crippen LogP contribution in [0.3, 0.4) is 0 Å². The molecule has 0 atom stereocenters. The minimum absolute atomic E-state index is 1.25. The molecule has 0 N–H and O–H groups in total. The Morgan fingerprint density at radius 3 is 1.80 bits per heavy atom. The van der Waals surface area contributed by atoms with Gasteiger partial charge >= 0.3 is 0 Å². The van der Waals surface area contributed by atoms with Gasteiger partial charge in [0.25, 0.3) is 0 Å². The molecule has 0 spiro atoms. The zero-order valence-electron chi connectivity index (χ0n) is 23.8. The smallest absolute Gasteiger partial charge is 0.0626 e. The maximum Gasteiger partial charge on any atom is 0.0626 e. The lowest BCUT2D eigenvalue weighted by Crippen LogP contribution is -1.85. The van der Waals surface area contributed by atoms with Crippen LogP contribution < -0.4 is 0 Å². The van der Waals surface area contributed by atoms with Crippen molar-refractivity contribution < 1.29 is 0 Å². The molecular weight excluding hydrogens is 532 g/mol. The number of hydrogen-bond donors (Lipinski definition) is 0. The van der Waals surface area contributed by atoms with E-state index < -0.39 is 0 Å². The highest BCUT2D eigenvalue weighted by molar-refractivity contribution is 6.31. The fraction of sp³-hybridized carbons (Fsp3) is 0. The minimum atomic E-state index is 1.25. The van der Waals surface area contributed by atoms with E-state index in [0.29, 0.717) is 0 Å². The van der Waals surface area contributed by atoms with E-state index >= 15 is 0 Å². The molecule has 0 bridgehead atoms. The first-order chi connectivity index (χ1) is 21.9. The summed E-state index contributed by atoms with van der Waals surface area (Å²) < 4.78 is 4.97. The van der Waals surface area contributed by atoms with Gasteiger partial charge in [-0.3, -0.25) is 0 Å². The van der Waals surface area contributed by atoms with Crippen molar-refractivity contribution in [1.29, 1.82) is 0 Å². The molecule has 0 aliphatic carbocycles. The minimum Gasteiger partial charge on any atom is -0.308 e. The van der Waals surface area contributed by atoms with Crippen molar-refractivity contribution >= 4 is 76.2 Å². The number of fused-ring (bicyclic) bond motifs is 12. The summed E-state index contributed by atoms with van der Waals surface area (Å²) in [5, 5.41) is 10.5. The number of rotatable bonds is 2. The normalized spacial score (nSPS) is 12.5. The van der Waals surface area contributed by atoms with Gasteiger partial charge in [-0.1, -0.05) is 115 Å². The Bertz CT molecular complexity index is 2920. The lowest BCUT2D eigenvalue weighted by Gasteiger charge is -2.09. The van der Waals surface area contributed by atoms with Crippen LogP contribution in [0.25, 0.3) is 98.4 Å². The van der Waals surface area contributed by atoms with Gasteiger partial charge in [-0.05, 0) is 52.6 Å². The largest absolute Gasteiger partial charge is 0.308 e. The molecular formula is C42H24N2. The van der Waals surface area contributed by atoms with Gasteiger partial charge in [-0.15, -0.1) is 0 Å². The lowest BCUT2D eigenvalue weighted by atomic mass is 9.93. The Labute approximate surface area is 252 Å². The van der Waals surface area contributed by atoms with Gasteiger partial charge in [0.1, 0.15) is 0 Å². The molecule has 11 aromatic rings. The summed E-state index contributed by atoms with van der Waals surface area (Å²) in [4.78, 5) is 0. The Morgan fingerprint density at radius 2 is 0.909 bits per heavy atom. The standard InChI is InChI=1S/C42H24N2/c1-2-10-25(11-3-1)26-20-23-37-34(24-26)30-15-8-16-33-39-28(14-9-19-38(39)44(37)41(30)33)29-21-22-31-27-12-4-6-17-35(27)43-36-18-7-5-13-32(36)40(29)42(31)43/h1-24H. The fourth-order valence-corrected chi connectivity index (χ4v) is 8.25. The molecule has 11 rings (SSSR count). The van der Waals surface area contributed by atoms with E-state index in [0.717, 1.165) is 0 Å². The van der Waals surface area contributed by atoms with Crippen LogP contribution in [0.4, 0.5) is 0 Å². The predicted molar refractivity (Wildman–Crippen MR) is 187 cm³/mol. The van der Waals surface area contributed by atoms with Gasteiger partial charge < -0.3 is 8.80 Å². The monoisotopic (exact) mass is 556 g/mol. The van der Waals surface area contributed by atoms with Gasteiger partial charge in [0.15, 0.2) is 0 Å². The SMILES string of the molecule is c1ccc(-c2ccc3c(c2)c2cccc4c5c(-c6ccc7c8ccccc8n8c9ccccc9c6c78)cccc5n3c24)cc1. The first-order valence-electron chi connectivity index (χ1n) is 15.3. The van der Waals surface area contributed by atoms with Gasteiger partial charge in [-0.25, -0.2) is 0 Å². The predicted octanol–water partition coefficient (Wildman–Crippen LogP) is 11.3. The molecule has 2 heteroatoms. The summed E-state index contributed by atoms with van der Waals surface area (Å²) in [6.45, 7) is 0. The molecule has 0 amide bonds. The third-order valence-electron chi connectivity index (χ3n) is 9.99. The highest BCUT2D eigenvalue weighted by Crippen LogP contribution is 2.48. The van der Waals surface area contributed by atoms with Crippen molar-refractivity contribution in [2.24, 2.45) is 0 Å². The first kappa shape index (κ1) is 22.7. The zero-order valence-corrected chi connectivity index (χ0v) is 23.8. The Morgan fingerprint density at radius 1 is 0.295 bits per heavy atom. The van der Waals surface area contributed by atoms with Gasteiger partial charge in [0.2, 0.25) is 0 Å². The molecule has 7 aromatic carbocycles. The van der Waals surface area contributed by atoms with Gasteiger partial charge in [0, 0.05) is 43.1 Å². The second kappa shape index (κ2) is 7.94. The molecule has 0 aliphatic heterocycles. The van der Waals surface area contributed by atoms with Crippen LogP contribution in [0.2, 0.25) is 0 Å². The third kappa shape index (κ3) is 2.63.